The number of fused-ring (bicyclic) bond motifs is 1. The van der Waals surface area contributed by atoms with Crippen LogP contribution in [0.1, 0.15) is 41.3 Å². The largest absolute Gasteiger partial charge is 0.490 e. The standard InChI is InChI=1S/C23H24N4O4S/c1-16(11-17-3-2-4-18(12-17)14-24)15-27-22-6-5-20(31-19-7-9-25-10-8-19)13-21(22)23(28)26-32(27,29)30/h2-6,11-13,19,25H,7-10,15H2,1H3,(H,26,28)/b16-11+. The van der Waals surface area contributed by atoms with E-state index in [1.165, 1.54) is 4.31 Å². The fourth-order valence-corrected chi connectivity index (χ4v) is 5.12. The summed E-state index contributed by atoms with van der Waals surface area (Å²) in [4.78, 5) is 12.5. The van der Waals surface area contributed by atoms with Crippen LogP contribution in [0.5, 0.6) is 5.75 Å². The van der Waals surface area contributed by atoms with Gasteiger partial charge in [-0.2, -0.15) is 13.7 Å². The van der Waals surface area contributed by atoms with Gasteiger partial charge in [-0.1, -0.05) is 23.8 Å². The summed E-state index contributed by atoms with van der Waals surface area (Å²) < 4.78 is 34.8. The normalized spacial score (nSPS) is 18.4. The van der Waals surface area contributed by atoms with E-state index in [1.54, 1.807) is 43.3 Å². The Bertz CT molecular complexity index is 1210. The number of piperidine rings is 1. The highest BCUT2D eigenvalue weighted by molar-refractivity contribution is 7.91. The Kier molecular flexibility index (Phi) is 6.17. The average molecular weight is 453 g/mol. The number of rotatable bonds is 5. The molecule has 1 saturated heterocycles. The molecule has 32 heavy (non-hydrogen) atoms. The third-order valence-electron chi connectivity index (χ3n) is 5.40. The second-order valence-corrected chi connectivity index (χ2v) is 9.51. The maximum Gasteiger partial charge on any atom is 0.326 e. The summed E-state index contributed by atoms with van der Waals surface area (Å²) in [5.74, 6) is -0.124. The summed E-state index contributed by atoms with van der Waals surface area (Å²) in [6.45, 7) is 3.62. The number of ether oxygens (including phenoxy) is 1. The number of hydrogen-bond acceptors (Lipinski definition) is 6. The van der Waals surface area contributed by atoms with Crippen molar-refractivity contribution in [3.8, 4) is 11.8 Å². The lowest BCUT2D eigenvalue weighted by atomic mass is 10.1. The maximum atomic E-state index is 12.7. The van der Waals surface area contributed by atoms with Crippen molar-refractivity contribution in [1.82, 2.24) is 10.0 Å². The Morgan fingerprint density at radius 2 is 2.03 bits per heavy atom. The summed E-state index contributed by atoms with van der Waals surface area (Å²) in [7, 11) is -4.03. The fourth-order valence-electron chi connectivity index (χ4n) is 3.88. The van der Waals surface area contributed by atoms with Gasteiger partial charge in [0.15, 0.2) is 0 Å². The van der Waals surface area contributed by atoms with Crippen molar-refractivity contribution < 1.29 is 17.9 Å². The van der Waals surface area contributed by atoms with Crippen LogP contribution in [0.25, 0.3) is 6.08 Å². The molecule has 0 bridgehead atoms. The molecule has 0 aliphatic carbocycles. The molecule has 1 fully saturated rings. The van der Waals surface area contributed by atoms with E-state index < -0.39 is 16.1 Å². The molecule has 2 heterocycles. The Labute approximate surface area is 187 Å². The van der Waals surface area contributed by atoms with E-state index in [2.05, 4.69) is 16.1 Å². The molecule has 2 N–H and O–H groups in total. The van der Waals surface area contributed by atoms with Crippen LogP contribution >= 0.6 is 0 Å². The van der Waals surface area contributed by atoms with Crippen LogP contribution in [0.4, 0.5) is 5.69 Å². The van der Waals surface area contributed by atoms with Gasteiger partial charge in [0, 0.05) is 0 Å². The van der Waals surface area contributed by atoms with E-state index in [-0.39, 0.29) is 18.2 Å². The van der Waals surface area contributed by atoms with E-state index in [9.17, 15) is 13.2 Å². The van der Waals surface area contributed by atoms with Crippen molar-refractivity contribution >= 4 is 27.9 Å². The van der Waals surface area contributed by atoms with Crippen molar-refractivity contribution in [2.45, 2.75) is 25.9 Å². The number of carbonyl (C=O) groups excluding carboxylic acids is 1. The molecule has 166 valence electrons. The van der Waals surface area contributed by atoms with Crippen LogP contribution in [0, 0.1) is 11.3 Å². The van der Waals surface area contributed by atoms with Crippen LogP contribution in [0.2, 0.25) is 0 Å². The van der Waals surface area contributed by atoms with E-state index >= 15 is 0 Å². The predicted molar refractivity (Wildman–Crippen MR) is 122 cm³/mol. The number of nitrogens with one attached hydrogen (secondary N) is 2. The van der Waals surface area contributed by atoms with E-state index in [4.69, 9.17) is 10.00 Å². The summed E-state index contributed by atoms with van der Waals surface area (Å²) in [5, 5.41) is 12.3. The van der Waals surface area contributed by atoms with Gasteiger partial charge >= 0.3 is 10.2 Å². The van der Waals surface area contributed by atoms with Gasteiger partial charge in [0.1, 0.15) is 11.9 Å². The highest BCUT2D eigenvalue weighted by atomic mass is 32.2. The molecule has 0 spiro atoms. The van der Waals surface area contributed by atoms with Gasteiger partial charge in [-0.3, -0.25) is 4.79 Å². The van der Waals surface area contributed by atoms with Crippen LogP contribution in [-0.4, -0.2) is 40.1 Å². The number of benzene rings is 2. The zero-order valence-electron chi connectivity index (χ0n) is 17.7. The Hall–Kier alpha value is -3.35. The van der Waals surface area contributed by atoms with Gasteiger partial charge in [-0.25, -0.2) is 9.03 Å². The third-order valence-corrected chi connectivity index (χ3v) is 6.75. The number of amides is 1. The molecular weight excluding hydrogens is 428 g/mol. The van der Waals surface area contributed by atoms with Gasteiger partial charge in [0.25, 0.3) is 5.91 Å². The number of carbonyl (C=O) groups is 1. The van der Waals surface area contributed by atoms with Crippen molar-refractivity contribution in [3.05, 3.63) is 64.7 Å². The highest BCUT2D eigenvalue weighted by Crippen LogP contribution is 2.32. The second kappa shape index (κ2) is 9.02. The van der Waals surface area contributed by atoms with Gasteiger partial charge in [-0.15, -0.1) is 0 Å². The summed E-state index contributed by atoms with van der Waals surface area (Å²) in [5.41, 5.74) is 2.64. The van der Waals surface area contributed by atoms with Crippen molar-refractivity contribution in [1.29, 1.82) is 5.26 Å². The first-order chi connectivity index (χ1) is 15.4. The zero-order valence-corrected chi connectivity index (χ0v) is 18.5. The SMILES string of the molecule is C/C(=C\c1cccc(C#N)c1)CN1c2ccc(OC3CCNCC3)cc2C(=O)NS1(=O)=O. The first-order valence-corrected chi connectivity index (χ1v) is 11.8. The summed E-state index contributed by atoms with van der Waals surface area (Å²) in [6, 6.07) is 14.1. The minimum Gasteiger partial charge on any atom is -0.490 e. The van der Waals surface area contributed by atoms with E-state index in [0.717, 1.165) is 37.1 Å². The number of anilines is 1. The predicted octanol–water partition coefficient (Wildman–Crippen LogP) is 2.59. The zero-order chi connectivity index (χ0) is 22.7. The highest BCUT2D eigenvalue weighted by Gasteiger charge is 2.34. The van der Waals surface area contributed by atoms with Crippen molar-refractivity contribution in [3.63, 3.8) is 0 Å². The maximum absolute atomic E-state index is 12.7. The van der Waals surface area contributed by atoms with Crippen molar-refractivity contribution in [2.24, 2.45) is 0 Å². The fraction of sp³-hybridized carbons (Fsp3) is 0.304. The molecule has 1 amide bonds. The van der Waals surface area contributed by atoms with Gasteiger partial charge in [0.05, 0.1) is 29.4 Å². The lowest BCUT2D eigenvalue weighted by Crippen LogP contribution is -2.49. The number of hydrogen-bond donors (Lipinski definition) is 2. The average Bonchev–Trinajstić information content (AvgIpc) is 2.77. The van der Waals surface area contributed by atoms with E-state index in [0.29, 0.717) is 17.0 Å². The molecule has 2 aliphatic rings. The molecule has 4 rings (SSSR count). The van der Waals surface area contributed by atoms with Gasteiger partial charge in [-0.05, 0) is 68.8 Å². The van der Waals surface area contributed by atoms with Gasteiger partial charge < -0.3 is 10.1 Å². The Morgan fingerprint density at radius 3 is 2.78 bits per heavy atom. The molecule has 8 nitrogen and oxygen atoms in total. The van der Waals surface area contributed by atoms with Crippen LogP contribution < -0.4 is 19.1 Å². The lowest BCUT2D eigenvalue weighted by molar-refractivity contribution is 0.0978. The molecule has 0 unspecified atom stereocenters. The van der Waals surface area contributed by atoms with E-state index in [1.807, 2.05) is 12.1 Å². The van der Waals surface area contributed by atoms with Crippen LogP contribution in [0.3, 0.4) is 0 Å². The molecule has 2 aromatic carbocycles. The molecule has 0 radical (unpaired) electrons. The Morgan fingerprint density at radius 1 is 1.25 bits per heavy atom. The quantitative estimate of drug-likeness (QED) is 0.721. The molecule has 0 saturated carbocycles. The number of nitriles is 1. The Balaban J connectivity index is 1.61. The van der Waals surface area contributed by atoms with Crippen molar-refractivity contribution in [2.75, 3.05) is 23.9 Å². The summed E-state index contributed by atoms with van der Waals surface area (Å²) >= 11 is 0. The minimum absolute atomic E-state index is 0.0564. The topological polar surface area (TPSA) is 112 Å². The molecule has 2 aliphatic heterocycles. The first-order valence-electron chi connectivity index (χ1n) is 10.4. The molecule has 0 aromatic heterocycles. The molecule has 0 atom stereocenters. The van der Waals surface area contributed by atoms with Crippen LogP contribution in [-0.2, 0) is 10.2 Å². The molecule has 9 heteroatoms. The molecular formula is C23H24N4O4S. The minimum atomic E-state index is -4.03. The first kappa shape index (κ1) is 21.9. The third kappa shape index (κ3) is 4.77. The second-order valence-electron chi connectivity index (χ2n) is 7.92. The summed E-state index contributed by atoms with van der Waals surface area (Å²) in [6.07, 6.45) is 3.64. The van der Waals surface area contributed by atoms with Gasteiger partial charge in [0.2, 0.25) is 0 Å². The molecule has 2 aromatic rings. The number of nitrogens with zero attached hydrogens (tertiary/aromatic N) is 2. The van der Waals surface area contributed by atoms with Crippen LogP contribution in [0.15, 0.2) is 48.0 Å². The monoisotopic (exact) mass is 452 g/mol. The smallest absolute Gasteiger partial charge is 0.326 e. The lowest BCUT2D eigenvalue weighted by Gasteiger charge is -2.31.